The molecule has 0 aliphatic rings. The number of hydrogen-bond acceptors (Lipinski definition) is 3. The van der Waals surface area contributed by atoms with E-state index >= 15 is 0 Å². The minimum atomic E-state index is -0.200. The molecule has 0 saturated carbocycles. The van der Waals surface area contributed by atoms with Gasteiger partial charge in [-0.15, -0.1) is 0 Å². The molecule has 0 heterocycles. The topological polar surface area (TPSA) is 57.5 Å². The summed E-state index contributed by atoms with van der Waals surface area (Å²) < 4.78 is 0. The standard InChI is InChI=1S/C12H10O3/c1-8(2)3-4-9-10(7-13)12(15)6-5-11(9)14/h5-7,14-15H,1H2,2H3. The number of aromatic hydroxyl groups is 2. The molecule has 0 spiro atoms. The van der Waals surface area contributed by atoms with Crippen molar-refractivity contribution in [3.63, 3.8) is 0 Å². The number of allylic oxidation sites excluding steroid dienone is 1. The van der Waals surface area contributed by atoms with E-state index in [1.165, 1.54) is 12.1 Å². The minimum Gasteiger partial charge on any atom is -0.507 e. The van der Waals surface area contributed by atoms with Crippen molar-refractivity contribution < 1.29 is 15.0 Å². The molecule has 3 heteroatoms. The Bertz CT molecular complexity index is 476. The fourth-order valence-corrected chi connectivity index (χ4v) is 1.02. The SMILES string of the molecule is C=C(C)C#Cc1c(O)ccc(O)c1C=O. The smallest absolute Gasteiger partial charge is 0.155 e. The van der Waals surface area contributed by atoms with E-state index in [1.807, 2.05) is 0 Å². The Balaban J connectivity index is 3.40. The molecule has 76 valence electrons. The fourth-order valence-electron chi connectivity index (χ4n) is 1.02. The summed E-state index contributed by atoms with van der Waals surface area (Å²) >= 11 is 0. The third-order valence-electron chi connectivity index (χ3n) is 1.72. The monoisotopic (exact) mass is 202 g/mol. The Kier molecular flexibility index (Phi) is 3.14. The second kappa shape index (κ2) is 4.34. The first-order valence-corrected chi connectivity index (χ1v) is 4.24. The molecule has 0 fully saturated rings. The van der Waals surface area contributed by atoms with Gasteiger partial charge in [-0.05, 0) is 24.6 Å². The molecule has 0 unspecified atom stereocenters. The van der Waals surface area contributed by atoms with Crippen LogP contribution in [-0.4, -0.2) is 16.5 Å². The molecule has 0 aliphatic carbocycles. The normalized spacial score (nSPS) is 8.87. The van der Waals surface area contributed by atoms with Gasteiger partial charge in [0.2, 0.25) is 0 Å². The summed E-state index contributed by atoms with van der Waals surface area (Å²) in [6.07, 6.45) is 0.456. The molecule has 2 N–H and O–H groups in total. The van der Waals surface area contributed by atoms with E-state index in [2.05, 4.69) is 18.4 Å². The molecule has 0 aromatic heterocycles. The number of carbonyl (C=O) groups is 1. The highest BCUT2D eigenvalue weighted by molar-refractivity contribution is 5.85. The highest BCUT2D eigenvalue weighted by Gasteiger charge is 2.09. The minimum absolute atomic E-state index is 0.0104. The van der Waals surface area contributed by atoms with E-state index < -0.39 is 0 Å². The number of rotatable bonds is 1. The van der Waals surface area contributed by atoms with Crippen LogP contribution in [0.15, 0.2) is 24.3 Å². The van der Waals surface area contributed by atoms with Crippen molar-refractivity contribution in [2.24, 2.45) is 0 Å². The van der Waals surface area contributed by atoms with Crippen molar-refractivity contribution >= 4 is 6.29 Å². The van der Waals surface area contributed by atoms with Gasteiger partial charge in [-0.2, -0.15) is 0 Å². The van der Waals surface area contributed by atoms with Crippen LogP contribution in [0, 0.1) is 11.8 Å². The van der Waals surface area contributed by atoms with Crippen LogP contribution in [0.4, 0.5) is 0 Å². The van der Waals surface area contributed by atoms with Crippen LogP contribution in [0.2, 0.25) is 0 Å². The third kappa shape index (κ3) is 2.38. The molecule has 0 radical (unpaired) electrons. The number of aldehydes is 1. The van der Waals surface area contributed by atoms with Crippen molar-refractivity contribution in [3.8, 4) is 23.3 Å². The van der Waals surface area contributed by atoms with Crippen molar-refractivity contribution in [3.05, 3.63) is 35.4 Å². The van der Waals surface area contributed by atoms with Gasteiger partial charge in [-0.1, -0.05) is 18.4 Å². The number of carbonyl (C=O) groups excluding carboxylic acids is 1. The zero-order valence-electron chi connectivity index (χ0n) is 8.24. The predicted octanol–water partition coefficient (Wildman–Crippen LogP) is 1.84. The summed E-state index contributed by atoms with van der Waals surface area (Å²) in [6.45, 7) is 5.27. The zero-order chi connectivity index (χ0) is 11.4. The summed E-state index contributed by atoms with van der Waals surface area (Å²) in [7, 11) is 0. The predicted molar refractivity (Wildman–Crippen MR) is 56.9 cm³/mol. The lowest BCUT2D eigenvalue weighted by molar-refractivity contribution is 0.112. The lowest BCUT2D eigenvalue weighted by atomic mass is 10.1. The second-order valence-electron chi connectivity index (χ2n) is 3.04. The number of hydrogen-bond donors (Lipinski definition) is 2. The number of phenolic OH excluding ortho intramolecular Hbond substituents is 2. The van der Waals surface area contributed by atoms with E-state index in [0.29, 0.717) is 11.9 Å². The second-order valence-corrected chi connectivity index (χ2v) is 3.04. The maximum Gasteiger partial charge on any atom is 0.155 e. The van der Waals surface area contributed by atoms with Crippen LogP contribution in [0.3, 0.4) is 0 Å². The largest absolute Gasteiger partial charge is 0.507 e. The first-order valence-electron chi connectivity index (χ1n) is 4.24. The lowest BCUT2D eigenvalue weighted by Gasteiger charge is -2.02. The Morgan fingerprint density at radius 1 is 1.40 bits per heavy atom. The van der Waals surface area contributed by atoms with E-state index in [0.717, 1.165) is 0 Å². The zero-order valence-corrected chi connectivity index (χ0v) is 8.24. The van der Waals surface area contributed by atoms with Gasteiger partial charge in [-0.25, -0.2) is 0 Å². The van der Waals surface area contributed by atoms with Gasteiger partial charge in [0.05, 0.1) is 11.1 Å². The summed E-state index contributed by atoms with van der Waals surface area (Å²) in [5, 5.41) is 18.8. The molecular weight excluding hydrogens is 192 g/mol. The van der Waals surface area contributed by atoms with Gasteiger partial charge in [-0.3, -0.25) is 4.79 Å². The molecule has 15 heavy (non-hydrogen) atoms. The Morgan fingerprint density at radius 2 is 2.00 bits per heavy atom. The first-order chi connectivity index (χ1) is 7.06. The molecule has 0 aliphatic heterocycles. The Hall–Kier alpha value is -2.21. The van der Waals surface area contributed by atoms with Gasteiger partial charge in [0, 0.05) is 0 Å². The summed E-state index contributed by atoms with van der Waals surface area (Å²) in [5.41, 5.74) is 0.714. The Labute approximate surface area is 87.7 Å². The van der Waals surface area contributed by atoms with E-state index in [1.54, 1.807) is 6.92 Å². The van der Waals surface area contributed by atoms with E-state index in [9.17, 15) is 15.0 Å². The Morgan fingerprint density at radius 3 is 2.53 bits per heavy atom. The number of benzene rings is 1. The van der Waals surface area contributed by atoms with Crippen LogP contribution in [0.5, 0.6) is 11.5 Å². The van der Waals surface area contributed by atoms with Crippen LogP contribution >= 0.6 is 0 Å². The summed E-state index contributed by atoms with van der Waals surface area (Å²) in [4.78, 5) is 10.7. The molecular formula is C12H10O3. The average molecular weight is 202 g/mol. The lowest BCUT2D eigenvalue weighted by Crippen LogP contribution is -1.89. The van der Waals surface area contributed by atoms with Crippen LogP contribution in [-0.2, 0) is 0 Å². The average Bonchev–Trinajstić information content (AvgIpc) is 2.19. The van der Waals surface area contributed by atoms with Crippen LogP contribution < -0.4 is 0 Å². The van der Waals surface area contributed by atoms with Crippen molar-refractivity contribution in [2.75, 3.05) is 0 Å². The fraction of sp³-hybridized carbons (Fsp3) is 0.0833. The van der Waals surface area contributed by atoms with Crippen molar-refractivity contribution in [1.82, 2.24) is 0 Å². The van der Waals surface area contributed by atoms with Crippen molar-refractivity contribution in [1.29, 1.82) is 0 Å². The summed E-state index contributed by atoms with van der Waals surface area (Å²) in [6, 6.07) is 2.52. The molecule has 0 bridgehead atoms. The molecule has 0 saturated heterocycles. The van der Waals surface area contributed by atoms with Crippen molar-refractivity contribution in [2.45, 2.75) is 6.92 Å². The number of phenols is 2. The van der Waals surface area contributed by atoms with Gasteiger partial charge < -0.3 is 10.2 Å². The third-order valence-corrected chi connectivity index (χ3v) is 1.72. The maximum absolute atomic E-state index is 10.7. The van der Waals surface area contributed by atoms with E-state index in [4.69, 9.17) is 0 Å². The highest BCUT2D eigenvalue weighted by atomic mass is 16.3. The van der Waals surface area contributed by atoms with Gasteiger partial charge in [0.25, 0.3) is 0 Å². The van der Waals surface area contributed by atoms with Gasteiger partial charge >= 0.3 is 0 Å². The molecule has 1 aromatic carbocycles. The first kappa shape index (κ1) is 10.9. The quantitative estimate of drug-likeness (QED) is 0.415. The molecule has 3 nitrogen and oxygen atoms in total. The van der Waals surface area contributed by atoms with E-state index in [-0.39, 0.29) is 22.6 Å². The molecule has 0 atom stereocenters. The maximum atomic E-state index is 10.7. The van der Waals surface area contributed by atoms with Gasteiger partial charge in [0.15, 0.2) is 6.29 Å². The van der Waals surface area contributed by atoms with Crippen LogP contribution in [0.25, 0.3) is 0 Å². The van der Waals surface area contributed by atoms with Crippen LogP contribution in [0.1, 0.15) is 22.8 Å². The highest BCUT2D eigenvalue weighted by Crippen LogP contribution is 2.26. The molecule has 1 aromatic rings. The molecule has 0 amide bonds. The molecule has 1 rings (SSSR count). The summed E-state index contributed by atoms with van der Waals surface area (Å²) in [5.74, 6) is 4.88. The van der Waals surface area contributed by atoms with Gasteiger partial charge in [0.1, 0.15) is 11.5 Å².